The number of fused-ring (bicyclic) bond motifs is 1. The fourth-order valence-electron chi connectivity index (χ4n) is 4.20. The maximum atomic E-state index is 12.5. The first-order chi connectivity index (χ1) is 12.5. The Morgan fingerprint density at radius 1 is 1.38 bits per heavy atom. The summed E-state index contributed by atoms with van der Waals surface area (Å²) in [7, 11) is 1.64. The third-order valence-corrected chi connectivity index (χ3v) is 5.36. The smallest absolute Gasteiger partial charge is 0.282 e. The van der Waals surface area contributed by atoms with Gasteiger partial charge in [0.05, 0.1) is 4.92 Å². The van der Waals surface area contributed by atoms with Crippen LogP contribution in [0.5, 0.6) is 0 Å². The van der Waals surface area contributed by atoms with Crippen molar-refractivity contribution < 1.29 is 19.2 Å². The van der Waals surface area contributed by atoms with E-state index in [0.717, 1.165) is 12.8 Å². The zero-order valence-electron chi connectivity index (χ0n) is 14.6. The van der Waals surface area contributed by atoms with Crippen LogP contribution in [0, 0.1) is 22.0 Å². The Labute approximate surface area is 151 Å². The largest absolute Gasteiger partial charge is 0.384 e. The van der Waals surface area contributed by atoms with Crippen molar-refractivity contribution in [3.05, 3.63) is 39.9 Å². The summed E-state index contributed by atoms with van der Waals surface area (Å²) in [5, 5.41) is 17.0. The van der Waals surface area contributed by atoms with E-state index >= 15 is 0 Å². The van der Waals surface area contributed by atoms with Gasteiger partial charge in [0.2, 0.25) is 5.91 Å². The summed E-state index contributed by atoms with van der Waals surface area (Å²) in [6, 6.07) is 5.80. The molecule has 4 atom stereocenters. The Bertz CT molecular complexity index is 708. The van der Waals surface area contributed by atoms with Crippen LogP contribution >= 0.6 is 0 Å². The molecule has 8 nitrogen and oxygen atoms in total. The molecule has 26 heavy (non-hydrogen) atoms. The van der Waals surface area contributed by atoms with Crippen LogP contribution in [-0.4, -0.2) is 42.5 Å². The van der Waals surface area contributed by atoms with Gasteiger partial charge in [0.25, 0.3) is 11.6 Å². The minimum absolute atomic E-state index is 0.00112. The summed E-state index contributed by atoms with van der Waals surface area (Å²) in [5.41, 5.74) is -0.144. The van der Waals surface area contributed by atoms with Crippen molar-refractivity contribution in [2.45, 2.75) is 37.8 Å². The molecule has 2 N–H and O–H groups in total. The lowest BCUT2D eigenvalue weighted by molar-refractivity contribution is -0.385. The van der Waals surface area contributed by atoms with E-state index in [1.54, 1.807) is 13.2 Å². The van der Waals surface area contributed by atoms with Crippen molar-refractivity contribution >= 4 is 17.5 Å². The maximum Gasteiger partial charge on any atom is 0.282 e. The molecule has 140 valence electrons. The fraction of sp³-hybridized carbons (Fsp3) is 0.556. The summed E-state index contributed by atoms with van der Waals surface area (Å²) in [4.78, 5) is 35.0. The van der Waals surface area contributed by atoms with E-state index in [0.29, 0.717) is 25.4 Å². The number of nitro benzene ring substituents is 1. The second-order valence-corrected chi connectivity index (χ2v) is 7.02. The van der Waals surface area contributed by atoms with Crippen molar-refractivity contribution in [2.75, 3.05) is 13.7 Å². The first kappa shape index (κ1) is 18.3. The van der Waals surface area contributed by atoms with Crippen LogP contribution in [0.15, 0.2) is 24.3 Å². The van der Waals surface area contributed by atoms with Crippen molar-refractivity contribution in [3.8, 4) is 0 Å². The normalized spacial score (nSPS) is 28.0. The first-order valence-electron chi connectivity index (χ1n) is 8.82. The van der Waals surface area contributed by atoms with E-state index in [9.17, 15) is 19.7 Å². The Morgan fingerprint density at radius 2 is 2.15 bits per heavy atom. The van der Waals surface area contributed by atoms with Gasteiger partial charge in [-0.3, -0.25) is 19.7 Å². The molecule has 8 heteroatoms. The molecule has 0 radical (unpaired) electrons. The van der Waals surface area contributed by atoms with E-state index in [1.807, 2.05) is 0 Å². The number of ether oxygens (including phenoxy) is 1. The van der Waals surface area contributed by atoms with Crippen LogP contribution in [0.4, 0.5) is 5.69 Å². The minimum atomic E-state index is -0.553. The lowest BCUT2D eigenvalue weighted by Gasteiger charge is -2.43. The van der Waals surface area contributed by atoms with Gasteiger partial charge in [-0.25, -0.2) is 0 Å². The number of piperidine rings is 1. The van der Waals surface area contributed by atoms with Crippen molar-refractivity contribution in [1.82, 2.24) is 10.6 Å². The highest BCUT2D eigenvalue weighted by Gasteiger charge is 2.41. The van der Waals surface area contributed by atoms with Gasteiger partial charge in [-0.15, -0.1) is 0 Å². The molecule has 1 saturated heterocycles. The number of benzene rings is 1. The highest BCUT2D eigenvalue weighted by Crippen LogP contribution is 2.35. The minimum Gasteiger partial charge on any atom is -0.384 e. The van der Waals surface area contributed by atoms with Gasteiger partial charge in [0.1, 0.15) is 5.56 Å². The number of rotatable bonds is 5. The monoisotopic (exact) mass is 361 g/mol. The number of carbonyl (C=O) groups is 2. The number of nitro groups is 1. The molecule has 1 aromatic carbocycles. The summed E-state index contributed by atoms with van der Waals surface area (Å²) >= 11 is 0. The summed E-state index contributed by atoms with van der Waals surface area (Å²) in [5.74, 6) is 0.104. The van der Waals surface area contributed by atoms with Crippen LogP contribution in [0.3, 0.4) is 0 Å². The van der Waals surface area contributed by atoms with Gasteiger partial charge >= 0.3 is 0 Å². The zero-order valence-corrected chi connectivity index (χ0v) is 14.6. The Kier molecular flexibility index (Phi) is 5.51. The van der Waals surface area contributed by atoms with Crippen LogP contribution < -0.4 is 10.6 Å². The molecule has 2 fully saturated rings. The molecule has 0 aromatic heterocycles. The van der Waals surface area contributed by atoms with Gasteiger partial charge in [0, 0.05) is 38.3 Å². The van der Waals surface area contributed by atoms with Gasteiger partial charge in [-0.05, 0) is 37.2 Å². The number of hydrogen-bond donors (Lipinski definition) is 2. The topological polar surface area (TPSA) is 111 Å². The molecule has 1 aliphatic carbocycles. The molecule has 1 heterocycles. The number of nitrogens with zero attached hydrogens (tertiary/aromatic N) is 1. The van der Waals surface area contributed by atoms with Crippen LogP contribution in [0.25, 0.3) is 0 Å². The average Bonchev–Trinajstić information content (AvgIpc) is 2.61. The molecule has 3 rings (SSSR count). The van der Waals surface area contributed by atoms with Crippen molar-refractivity contribution in [2.24, 2.45) is 11.8 Å². The van der Waals surface area contributed by atoms with E-state index in [2.05, 4.69) is 10.6 Å². The molecule has 1 saturated carbocycles. The predicted molar refractivity (Wildman–Crippen MR) is 93.6 cm³/mol. The van der Waals surface area contributed by atoms with E-state index in [-0.39, 0.29) is 35.2 Å². The fourth-order valence-corrected chi connectivity index (χ4v) is 4.20. The third-order valence-electron chi connectivity index (χ3n) is 5.36. The standard InChI is InChI=1S/C18H23N3O5/c1-26-10-11-8-17(22)20-15-9-12(6-7-13(11)15)19-18(23)14-4-2-3-5-16(14)21(24)25/h2-5,11-13,15H,6-10H2,1H3,(H,19,23)(H,20,22). The molecule has 0 bridgehead atoms. The second-order valence-electron chi connectivity index (χ2n) is 7.02. The average molecular weight is 361 g/mol. The quantitative estimate of drug-likeness (QED) is 0.612. The lowest BCUT2D eigenvalue weighted by Crippen LogP contribution is -2.56. The first-order valence-corrected chi connectivity index (χ1v) is 8.82. The summed E-state index contributed by atoms with van der Waals surface area (Å²) in [6.45, 7) is 0.557. The highest BCUT2D eigenvalue weighted by atomic mass is 16.6. The van der Waals surface area contributed by atoms with E-state index in [4.69, 9.17) is 4.74 Å². The number of hydrogen-bond acceptors (Lipinski definition) is 5. The van der Waals surface area contributed by atoms with Gasteiger partial charge in [-0.2, -0.15) is 0 Å². The van der Waals surface area contributed by atoms with Crippen molar-refractivity contribution in [1.29, 1.82) is 0 Å². The molecule has 4 unspecified atom stereocenters. The molecule has 2 aliphatic rings. The Morgan fingerprint density at radius 3 is 2.88 bits per heavy atom. The van der Waals surface area contributed by atoms with E-state index < -0.39 is 10.8 Å². The van der Waals surface area contributed by atoms with Gasteiger partial charge < -0.3 is 15.4 Å². The molecule has 1 aliphatic heterocycles. The molecular weight excluding hydrogens is 338 g/mol. The number of para-hydroxylation sites is 1. The van der Waals surface area contributed by atoms with Crippen molar-refractivity contribution in [3.63, 3.8) is 0 Å². The summed E-state index contributed by atoms with van der Waals surface area (Å²) < 4.78 is 5.25. The molecule has 2 amide bonds. The SMILES string of the molecule is COCC1CC(=O)NC2CC(NC(=O)c3ccccc3[N+](=O)[O-])CCC12. The number of nitrogens with one attached hydrogen (secondary N) is 2. The van der Waals surface area contributed by atoms with Crippen LogP contribution in [-0.2, 0) is 9.53 Å². The number of amides is 2. The number of methoxy groups -OCH3 is 1. The maximum absolute atomic E-state index is 12.5. The van der Waals surface area contributed by atoms with Gasteiger partial charge in [0.15, 0.2) is 0 Å². The lowest BCUT2D eigenvalue weighted by atomic mass is 9.71. The Balaban J connectivity index is 1.67. The zero-order chi connectivity index (χ0) is 18.7. The highest BCUT2D eigenvalue weighted by molar-refractivity contribution is 5.98. The number of carbonyl (C=O) groups excluding carboxylic acids is 2. The van der Waals surface area contributed by atoms with Crippen LogP contribution in [0.2, 0.25) is 0 Å². The Hall–Kier alpha value is -2.48. The van der Waals surface area contributed by atoms with E-state index in [1.165, 1.54) is 18.2 Å². The third kappa shape index (κ3) is 3.85. The molecule has 1 aromatic rings. The molecular formula is C18H23N3O5. The molecule has 0 spiro atoms. The van der Waals surface area contributed by atoms with Gasteiger partial charge in [-0.1, -0.05) is 12.1 Å². The second kappa shape index (κ2) is 7.82. The predicted octanol–water partition coefficient (Wildman–Crippen LogP) is 1.64. The van der Waals surface area contributed by atoms with Crippen LogP contribution in [0.1, 0.15) is 36.0 Å². The summed E-state index contributed by atoms with van der Waals surface area (Å²) in [6.07, 6.45) is 2.76.